The van der Waals surface area contributed by atoms with Gasteiger partial charge in [0.05, 0.1) is 18.0 Å². The number of nitrogens with two attached hydrogens (primary N) is 1. The number of hydrogen-bond donors (Lipinski definition) is 2. The molecule has 6 heteroatoms. The van der Waals surface area contributed by atoms with Crippen LogP contribution in [0.25, 0.3) is 0 Å². The van der Waals surface area contributed by atoms with Crippen LogP contribution in [-0.2, 0) is 7.05 Å². The smallest absolute Gasteiger partial charge is 0.274 e. The maximum atomic E-state index is 12.2. The summed E-state index contributed by atoms with van der Waals surface area (Å²) in [4.78, 5) is 13.7. The minimum absolute atomic E-state index is 0.101. The number of aliphatic hydroxyl groups is 1. The normalized spacial score (nSPS) is 10.3. The van der Waals surface area contributed by atoms with E-state index in [4.69, 9.17) is 10.8 Å². The predicted molar refractivity (Wildman–Crippen MR) is 65.5 cm³/mol. The van der Waals surface area contributed by atoms with Crippen LogP contribution in [0.1, 0.15) is 16.2 Å². The van der Waals surface area contributed by atoms with Gasteiger partial charge in [0.25, 0.3) is 5.91 Å². The molecule has 1 heterocycles. The first-order valence-corrected chi connectivity index (χ1v) is 5.33. The molecule has 0 fully saturated rings. The Bertz CT molecular complexity index is 425. The Morgan fingerprint density at radius 2 is 2.35 bits per heavy atom. The molecular formula is C11H18N4O2. The number of amides is 1. The minimum atomic E-state index is -0.250. The van der Waals surface area contributed by atoms with E-state index in [2.05, 4.69) is 11.7 Å². The lowest BCUT2D eigenvalue weighted by atomic mass is 10.2. The van der Waals surface area contributed by atoms with Crippen LogP contribution in [0.3, 0.4) is 0 Å². The third kappa shape index (κ3) is 2.65. The van der Waals surface area contributed by atoms with Gasteiger partial charge in [-0.3, -0.25) is 9.48 Å². The number of rotatable bonds is 5. The van der Waals surface area contributed by atoms with Crippen molar-refractivity contribution >= 4 is 11.6 Å². The van der Waals surface area contributed by atoms with Gasteiger partial charge in [0.1, 0.15) is 5.69 Å². The summed E-state index contributed by atoms with van der Waals surface area (Å²) >= 11 is 0. The maximum Gasteiger partial charge on any atom is 0.274 e. The molecule has 1 amide bonds. The van der Waals surface area contributed by atoms with Crippen LogP contribution in [-0.4, -0.2) is 45.4 Å². The first kappa shape index (κ1) is 13.2. The molecule has 0 spiro atoms. The second kappa shape index (κ2) is 5.49. The van der Waals surface area contributed by atoms with Crippen LogP contribution in [0.4, 0.5) is 5.69 Å². The van der Waals surface area contributed by atoms with E-state index in [1.54, 1.807) is 20.0 Å². The van der Waals surface area contributed by atoms with Gasteiger partial charge in [0.2, 0.25) is 0 Å². The molecule has 0 aromatic carbocycles. The molecule has 3 N–H and O–H groups in total. The van der Waals surface area contributed by atoms with Crippen molar-refractivity contribution in [2.75, 3.05) is 25.4 Å². The van der Waals surface area contributed by atoms with Gasteiger partial charge in [0, 0.05) is 20.1 Å². The van der Waals surface area contributed by atoms with Gasteiger partial charge in [-0.15, -0.1) is 6.58 Å². The summed E-state index contributed by atoms with van der Waals surface area (Å²) in [5.41, 5.74) is 7.16. The number of nitrogen functional groups attached to an aromatic ring is 1. The quantitative estimate of drug-likeness (QED) is 0.703. The highest BCUT2D eigenvalue weighted by atomic mass is 16.3. The number of aromatic nitrogens is 2. The van der Waals surface area contributed by atoms with E-state index in [0.29, 0.717) is 23.6 Å². The Balaban J connectivity index is 3.04. The molecule has 0 unspecified atom stereocenters. The minimum Gasteiger partial charge on any atom is -0.395 e. The van der Waals surface area contributed by atoms with Crippen molar-refractivity contribution in [3.8, 4) is 0 Å². The highest BCUT2D eigenvalue weighted by Gasteiger charge is 2.22. The first-order valence-electron chi connectivity index (χ1n) is 5.33. The van der Waals surface area contributed by atoms with E-state index < -0.39 is 0 Å². The topological polar surface area (TPSA) is 84.4 Å². The van der Waals surface area contributed by atoms with Crippen LogP contribution in [0.5, 0.6) is 0 Å². The van der Waals surface area contributed by atoms with E-state index in [1.807, 2.05) is 0 Å². The number of anilines is 1. The lowest BCUT2D eigenvalue weighted by Gasteiger charge is -2.20. The van der Waals surface area contributed by atoms with Gasteiger partial charge in [-0.1, -0.05) is 6.08 Å². The Kier molecular flexibility index (Phi) is 4.28. The summed E-state index contributed by atoms with van der Waals surface area (Å²) in [6.45, 7) is 5.83. The molecule has 17 heavy (non-hydrogen) atoms. The third-order valence-electron chi connectivity index (χ3n) is 2.48. The van der Waals surface area contributed by atoms with E-state index in [0.717, 1.165) is 0 Å². The second-order valence-corrected chi connectivity index (χ2v) is 3.73. The van der Waals surface area contributed by atoms with Gasteiger partial charge in [0.15, 0.2) is 0 Å². The highest BCUT2D eigenvalue weighted by molar-refractivity contribution is 5.98. The number of aliphatic hydroxyl groups excluding tert-OH is 1. The number of carbonyl (C=O) groups excluding carboxylic acids is 1. The molecular weight excluding hydrogens is 220 g/mol. The van der Waals surface area contributed by atoms with Gasteiger partial charge in [-0.2, -0.15) is 5.10 Å². The summed E-state index contributed by atoms with van der Waals surface area (Å²) in [5, 5.41) is 13.0. The largest absolute Gasteiger partial charge is 0.395 e. The fraction of sp³-hybridized carbons (Fsp3) is 0.455. The molecule has 0 radical (unpaired) electrons. The van der Waals surface area contributed by atoms with E-state index in [-0.39, 0.29) is 19.1 Å². The zero-order chi connectivity index (χ0) is 13.0. The second-order valence-electron chi connectivity index (χ2n) is 3.73. The average molecular weight is 238 g/mol. The summed E-state index contributed by atoms with van der Waals surface area (Å²) in [5.74, 6) is -0.250. The SMILES string of the molecule is C=CCN(CCO)C(=O)c1c(N)c(C)nn1C. The van der Waals surface area contributed by atoms with Crippen LogP contribution >= 0.6 is 0 Å². The molecule has 0 saturated heterocycles. The summed E-state index contributed by atoms with van der Waals surface area (Å²) in [6.07, 6.45) is 1.60. The van der Waals surface area contributed by atoms with E-state index >= 15 is 0 Å². The van der Waals surface area contributed by atoms with Crippen molar-refractivity contribution in [2.45, 2.75) is 6.92 Å². The van der Waals surface area contributed by atoms with Crippen molar-refractivity contribution in [1.82, 2.24) is 14.7 Å². The predicted octanol–water partition coefficient (Wildman–Crippen LogP) is -0.0688. The lowest BCUT2D eigenvalue weighted by Crippen LogP contribution is -2.35. The number of carbonyl (C=O) groups is 1. The third-order valence-corrected chi connectivity index (χ3v) is 2.48. The van der Waals surface area contributed by atoms with Crippen molar-refractivity contribution < 1.29 is 9.90 Å². The van der Waals surface area contributed by atoms with Gasteiger partial charge >= 0.3 is 0 Å². The monoisotopic (exact) mass is 238 g/mol. The number of nitrogens with zero attached hydrogens (tertiary/aromatic N) is 3. The molecule has 1 rings (SSSR count). The van der Waals surface area contributed by atoms with Crippen LogP contribution < -0.4 is 5.73 Å². The van der Waals surface area contributed by atoms with Crippen molar-refractivity contribution in [3.05, 3.63) is 24.0 Å². The fourth-order valence-corrected chi connectivity index (χ4v) is 1.63. The summed E-state index contributed by atoms with van der Waals surface area (Å²) < 4.78 is 1.46. The van der Waals surface area contributed by atoms with Gasteiger partial charge in [-0.05, 0) is 6.92 Å². The standard InChI is InChI=1S/C11H18N4O2/c1-4-5-15(6-7-16)11(17)10-9(12)8(2)13-14(10)3/h4,16H,1,5-7,12H2,2-3H3. The molecule has 0 atom stereocenters. The molecule has 0 aliphatic heterocycles. The fourth-order valence-electron chi connectivity index (χ4n) is 1.63. The first-order chi connectivity index (χ1) is 8.02. The van der Waals surface area contributed by atoms with Crippen molar-refractivity contribution in [3.63, 3.8) is 0 Å². The van der Waals surface area contributed by atoms with Crippen molar-refractivity contribution in [2.24, 2.45) is 7.05 Å². The Morgan fingerprint density at radius 3 is 2.76 bits per heavy atom. The Labute approximate surface area is 100 Å². The van der Waals surface area contributed by atoms with Gasteiger partial charge < -0.3 is 15.7 Å². The van der Waals surface area contributed by atoms with E-state index in [9.17, 15) is 4.79 Å². The number of aryl methyl sites for hydroxylation is 2. The summed E-state index contributed by atoms with van der Waals surface area (Å²) in [6, 6.07) is 0. The van der Waals surface area contributed by atoms with Crippen LogP contribution in [0.15, 0.2) is 12.7 Å². The Hall–Kier alpha value is -1.82. The Morgan fingerprint density at radius 1 is 1.71 bits per heavy atom. The molecule has 1 aromatic rings. The molecule has 0 aliphatic carbocycles. The molecule has 94 valence electrons. The maximum absolute atomic E-state index is 12.2. The zero-order valence-corrected chi connectivity index (χ0v) is 10.2. The van der Waals surface area contributed by atoms with E-state index in [1.165, 1.54) is 9.58 Å². The molecule has 0 aliphatic rings. The molecule has 6 nitrogen and oxygen atoms in total. The van der Waals surface area contributed by atoms with Crippen molar-refractivity contribution in [1.29, 1.82) is 0 Å². The zero-order valence-electron chi connectivity index (χ0n) is 10.2. The average Bonchev–Trinajstić information content (AvgIpc) is 2.52. The van der Waals surface area contributed by atoms with Crippen LogP contribution in [0.2, 0.25) is 0 Å². The molecule has 0 saturated carbocycles. The molecule has 1 aromatic heterocycles. The van der Waals surface area contributed by atoms with Crippen LogP contribution in [0, 0.1) is 6.92 Å². The van der Waals surface area contributed by atoms with Gasteiger partial charge in [-0.25, -0.2) is 0 Å². The lowest BCUT2D eigenvalue weighted by molar-refractivity contribution is 0.0733. The molecule has 0 bridgehead atoms. The number of hydrogen-bond acceptors (Lipinski definition) is 4. The highest BCUT2D eigenvalue weighted by Crippen LogP contribution is 2.17. The summed E-state index contributed by atoms with van der Waals surface area (Å²) in [7, 11) is 1.67.